The van der Waals surface area contributed by atoms with E-state index >= 15 is 0 Å². The van der Waals surface area contributed by atoms with E-state index in [9.17, 15) is 61.9 Å². The summed E-state index contributed by atoms with van der Waals surface area (Å²) in [6, 6.07) is 5.85. The van der Waals surface area contributed by atoms with Crippen molar-refractivity contribution in [2.75, 3.05) is 12.8 Å². The summed E-state index contributed by atoms with van der Waals surface area (Å²) in [6.07, 6.45) is -5.13. The highest BCUT2D eigenvalue weighted by Gasteiger charge is 2.47. The van der Waals surface area contributed by atoms with Gasteiger partial charge in [-0.15, -0.1) is 0 Å². The van der Waals surface area contributed by atoms with Gasteiger partial charge in [0.2, 0.25) is 29.5 Å². The zero-order valence-corrected chi connectivity index (χ0v) is 38.2. The number of esters is 1. The van der Waals surface area contributed by atoms with Crippen LogP contribution in [0.3, 0.4) is 0 Å². The Balaban J connectivity index is 1.88. The Bertz CT molecular complexity index is 2130. The summed E-state index contributed by atoms with van der Waals surface area (Å²) in [6.45, 7) is 8.07. The van der Waals surface area contributed by atoms with Gasteiger partial charge in [0.15, 0.2) is 0 Å². The number of hydrogen-bond donors (Lipinski definition) is 8. The molecule has 0 aromatic heterocycles. The van der Waals surface area contributed by atoms with E-state index < -0.39 is 124 Å². The average molecular weight is 931 g/mol. The molecule has 20 nitrogen and oxygen atoms in total. The molecule has 4 rings (SSSR count). The van der Waals surface area contributed by atoms with Crippen LogP contribution >= 0.6 is 0 Å². The second-order valence-corrected chi connectivity index (χ2v) is 18.4. The largest absolute Gasteiger partial charge is 0.508 e. The number of aliphatic hydroxyl groups excluding tert-OH is 2. The van der Waals surface area contributed by atoms with Crippen molar-refractivity contribution < 1.29 is 66.6 Å². The molecule has 2 saturated heterocycles. The summed E-state index contributed by atoms with van der Waals surface area (Å²) < 4.78 is 38.1. The first-order chi connectivity index (χ1) is 30.6. The van der Waals surface area contributed by atoms with Crippen molar-refractivity contribution in [3.63, 3.8) is 0 Å². The summed E-state index contributed by atoms with van der Waals surface area (Å²) in [5, 5.41) is 41.7. The van der Waals surface area contributed by atoms with Crippen molar-refractivity contribution in [2.45, 2.75) is 134 Å². The van der Waals surface area contributed by atoms with Crippen molar-refractivity contribution >= 4 is 51.5 Å². The maximum absolute atomic E-state index is 14.8. The third-order valence-corrected chi connectivity index (χ3v) is 12.8. The van der Waals surface area contributed by atoms with Gasteiger partial charge in [0.25, 0.3) is 16.0 Å². The number of nitrogens with one attached hydrogen (secondary N) is 4. The maximum atomic E-state index is 14.8. The number of carbonyl (C=O) groups excluding carboxylic acids is 7. The number of phenolic OH excluding ortho intramolecular Hbond substituents is 1. The van der Waals surface area contributed by atoms with E-state index in [0.29, 0.717) is 24.0 Å². The highest BCUT2D eigenvalue weighted by Crippen LogP contribution is 2.28. The van der Waals surface area contributed by atoms with Crippen LogP contribution in [0.15, 0.2) is 54.6 Å². The zero-order chi connectivity index (χ0) is 48.3. The Hall–Kier alpha value is -5.64. The van der Waals surface area contributed by atoms with E-state index in [-0.39, 0.29) is 37.9 Å². The second kappa shape index (κ2) is 23.0. The Morgan fingerprint density at radius 1 is 0.862 bits per heavy atom. The van der Waals surface area contributed by atoms with Gasteiger partial charge in [0, 0.05) is 13.5 Å². The van der Waals surface area contributed by atoms with Crippen LogP contribution in [0.4, 0.5) is 0 Å². The minimum atomic E-state index is -4.91. The minimum Gasteiger partial charge on any atom is -0.508 e. The van der Waals surface area contributed by atoms with Gasteiger partial charge in [0.1, 0.15) is 66.2 Å². The van der Waals surface area contributed by atoms with Crippen LogP contribution in [0.2, 0.25) is 0 Å². The van der Waals surface area contributed by atoms with Crippen LogP contribution < -0.4 is 21.3 Å². The Labute approximate surface area is 378 Å². The lowest BCUT2D eigenvalue weighted by Gasteiger charge is -2.44. The molecule has 6 amide bonds. The number of phenols is 1. The lowest BCUT2D eigenvalue weighted by molar-refractivity contribution is -0.168. The molecule has 11 atom stereocenters. The summed E-state index contributed by atoms with van der Waals surface area (Å²) >= 11 is 0. The lowest BCUT2D eigenvalue weighted by atomic mass is 9.91. The van der Waals surface area contributed by atoms with E-state index in [0.717, 1.165) is 4.90 Å². The number of hydrogen-bond acceptors (Lipinski definition) is 13. The molecule has 65 heavy (non-hydrogen) atoms. The van der Waals surface area contributed by atoms with E-state index in [1.807, 2.05) is 0 Å². The van der Waals surface area contributed by atoms with Crippen molar-refractivity contribution in [2.24, 2.45) is 11.8 Å². The van der Waals surface area contributed by atoms with E-state index in [1.54, 1.807) is 70.2 Å². The Kier molecular flexibility index (Phi) is 18.4. The van der Waals surface area contributed by atoms with Crippen LogP contribution in [-0.4, -0.2) is 147 Å². The lowest BCUT2D eigenvalue weighted by Crippen LogP contribution is -2.66. The summed E-state index contributed by atoms with van der Waals surface area (Å²) in [5.74, 6) is -9.62. The molecule has 0 saturated carbocycles. The average Bonchev–Trinajstić information content (AvgIpc) is 3.26. The van der Waals surface area contributed by atoms with Gasteiger partial charge in [-0.25, -0.2) is 4.79 Å². The standard InChI is InChI=1S/C44H62N6O14S/c1-7-24(3)35-44(60)64-26(5)36(48-40(56)33(52)23-65(61,62)63)41(57)45-30(19-16-27-14-17-29(51)18-15-27)38(54)46-31-20-21-34(53)50(42(31)58)37(25(4)8-2)43(59)49(6)32(39(55)47-35)22-28-12-10-9-11-13-28/h9-15,17-18,24-26,30-37,51-53H,7-8,16,19-23H2,1-6H3,(H,45,57)(H,46,54)(H,47,55)(H,48,56)(H,61,62,63)/t24-,25+,26+,30-,31-,32-,33+,34+,35-,36-,37+/m0/s1. The van der Waals surface area contributed by atoms with Crippen molar-refractivity contribution in [1.82, 2.24) is 31.1 Å². The third kappa shape index (κ3) is 13.9. The number of carbonyl (C=O) groups is 7. The maximum Gasteiger partial charge on any atom is 0.329 e. The molecule has 358 valence electrons. The molecule has 0 spiro atoms. The van der Waals surface area contributed by atoms with Crippen LogP contribution in [0, 0.1) is 11.8 Å². The second-order valence-electron chi connectivity index (χ2n) is 16.9. The van der Waals surface area contributed by atoms with Gasteiger partial charge < -0.3 is 51.1 Å². The fraction of sp³-hybridized carbons (Fsp3) is 0.568. The summed E-state index contributed by atoms with van der Waals surface area (Å²) in [5.41, 5.74) is 1.26. The molecule has 2 fully saturated rings. The van der Waals surface area contributed by atoms with Gasteiger partial charge in [-0.05, 0) is 67.7 Å². The van der Waals surface area contributed by atoms with Gasteiger partial charge >= 0.3 is 5.97 Å². The van der Waals surface area contributed by atoms with Crippen LogP contribution in [-0.2, 0) is 61.3 Å². The number of fused-ring (bicyclic) bond motifs is 2. The zero-order valence-electron chi connectivity index (χ0n) is 37.4. The quantitative estimate of drug-likeness (QED) is 0.0964. The highest BCUT2D eigenvalue weighted by atomic mass is 32.2. The van der Waals surface area contributed by atoms with Crippen LogP contribution in [0.25, 0.3) is 0 Å². The van der Waals surface area contributed by atoms with E-state index in [2.05, 4.69) is 21.3 Å². The van der Waals surface area contributed by atoms with Gasteiger partial charge in [-0.2, -0.15) is 8.42 Å². The number of aromatic hydroxyl groups is 1. The number of rotatable bonds is 13. The van der Waals surface area contributed by atoms with E-state index in [1.165, 1.54) is 31.0 Å². The number of aryl methyl sites for hydroxylation is 1. The summed E-state index contributed by atoms with van der Waals surface area (Å²) in [7, 11) is -3.53. The smallest absolute Gasteiger partial charge is 0.329 e. The molecule has 0 unspecified atom stereocenters. The number of piperidine rings is 1. The Morgan fingerprint density at radius 2 is 1.49 bits per heavy atom. The van der Waals surface area contributed by atoms with Gasteiger partial charge in [0.05, 0.1) is 0 Å². The first-order valence-electron chi connectivity index (χ1n) is 21.7. The number of likely N-dealkylation sites (N-methyl/N-ethyl adjacent to an activating group) is 1. The highest BCUT2D eigenvalue weighted by molar-refractivity contribution is 7.85. The molecule has 0 aliphatic carbocycles. The first kappa shape index (κ1) is 52.0. The van der Waals surface area contributed by atoms with Crippen molar-refractivity contribution in [1.29, 1.82) is 0 Å². The topological polar surface area (TPSA) is 298 Å². The molecular formula is C44H62N6O14S. The molecule has 2 heterocycles. The number of aliphatic hydroxyl groups is 2. The van der Waals surface area contributed by atoms with Gasteiger partial charge in [-0.1, -0.05) is 83.0 Å². The molecular weight excluding hydrogens is 869 g/mol. The number of benzene rings is 2. The SMILES string of the molecule is CC[C@@H](C)[C@@H]1C(=O)N(C)[C@@H](Cc2ccccc2)C(=O)N[C@@H]([C@@H](C)CC)C(=O)O[C@H](C)[C@H](NC(=O)[C@H](O)CS(=O)(=O)O)C(=O)N[C@@H](CCc2ccc(O)cc2)C(=O)N[C@H]2CC[C@@H](O)N1C2=O. The van der Waals surface area contributed by atoms with Crippen LogP contribution in [0.5, 0.6) is 5.75 Å². The molecule has 2 bridgehead atoms. The first-order valence-corrected chi connectivity index (χ1v) is 23.3. The molecule has 2 aliphatic heterocycles. The Morgan fingerprint density at radius 3 is 2.09 bits per heavy atom. The fourth-order valence-corrected chi connectivity index (χ4v) is 8.32. The third-order valence-electron chi connectivity index (χ3n) is 12.1. The van der Waals surface area contributed by atoms with E-state index in [4.69, 9.17) is 4.74 Å². The van der Waals surface area contributed by atoms with Crippen molar-refractivity contribution in [3.05, 3.63) is 65.7 Å². The van der Waals surface area contributed by atoms with Crippen molar-refractivity contribution in [3.8, 4) is 5.75 Å². The molecule has 2 aliphatic rings. The van der Waals surface area contributed by atoms with Crippen LogP contribution in [0.1, 0.15) is 77.8 Å². The molecule has 8 N–H and O–H groups in total. The predicted molar refractivity (Wildman–Crippen MR) is 234 cm³/mol. The molecule has 21 heteroatoms. The number of nitrogens with zero attached hydrogens (tertiary/aromatic N) is 2. The fourth-order valence-electron chi connectivity index (χ4n) is 7.77. The number of cyclic esters (lactones) is 1. The minimum absolute atomic E-state index is 0.0326. The monoisotopic (exact) mass is 930 g/mol. The summed E-state index contributed by atoms with van der Waals surface area (Å²) in [4.78, 5) is 102. The normalized spacial score (nSPS) is 26.8. The molecule has 0 radical (unpaired) electrons. The van der Waals surface area contributed by atoms with Gasteiger partial charge in [-0.3, -0.25) is 33.3 Å². The molecule has 2 aromatic carbocycles. The number of amides is 6. The molecule has 2 aromatic rings. The predicted octanol–water partition coefficient (Wildman–Crippen LogP) is -0.0707. The number of ether oxygens (including phenoxy) is 1.